The lowest BCUT2D eigenvalue weighted by atomic mass is 10.2. The molecule has 3 aromatic carbocycles. The fraction of sp³-hybridized carbons (Fsp3) is 0.214. The van der Waals surface area contributed by atoms with Crippen molar-refractivity contribution < 1.29 is 14.1 Å². The first-order valence-electron chi connectivity index (χ1n) is 12.8. The van der Waals surface area contributed by atoms with Crippen molar-refractivity contribution >= 4 is 35.7 Å². The Hall–Kier alpha value is -4.18. The third kappa shape index (κ3) is 4.42. The van der Waals surface area contributed by atoms with E-state index in [9.17, 15) is 14.5 Å². The van der Waals surface area contributed by atoms with E-state index in [2.05, 4.69) is 9.34 Å². The van der Waals surface area contributed by atoms with E-state index in [4.69, 9.17) is 19.6 Å². The Kier molecular flexibility index (Phi) is 6.79. The highest BCUT2D eigenvalue weighted by Gasteiger charge is 2.45. The Morgan fingerprint density at radius 2 is 1.68 bits per heavy atom. The van der Waals surface area contributed by atoms with E-state index in [1.165, 1.54) is 24.3 Å². The minimum atomic E-state index is -2.84. The molecule has 1 atom stereocenters. The number of hydrogen-bond acceptors (Lipinski definition) is 6. The van der Waals surface area contributed by atoms with Crippen molar-refractivity contribution in [2.24, 2.45) is 9.74 Å². The van der Waals surface area contributed by atoms with Crippen LogP contribution in [0.15, 0.2) is 88.6 Å². The molecule has 0 radical (unpaired) electrons. The number of morpholine rings is 1. The van der Waals surface area contributed by atoms with E-state index in [-0.39, 0.29) is 11.5 Å². The molecule has 2 aliphatic rings. The molecule has 0 N–H and O–H groups in total. The van der Waals surface area contributed by atoms with Crippen molar-refractivity contribution in [2.45, 2.75) is 6.92 Å². The predicted octanol–water partition coefficient (Wildman–Crippen LogP) is 5.57. The summed E-state index contributed by atoms with van der Waals surface area (Å²) in [5.41, 5.74) is 2.99. The summed E-state index contributed by atoms with van der Waals surface area (Å²) in [5.74, 6) is 0.958. The molecule has 6 rings (SSSR count). The molecule has 1 saturated heterocycles. The van der Waals surface area contributed by atoms with E-state index in [1.54, 1.807) is 24.3 Å². The van der Waals surface area contributed by atoms with E-state index >= 15 is 0 Å². The van der Waals surface area contributed by atoms with Crippen molar-refractivity contribution in [1.82, 2.24) is 19.1 Å². The van der Waals surface area contributed by atoms with Gasteiger partial charge >= 0.3 is 0 Å². The van der Waals surface area contributed by atoms with E-state index in [0.717, 1.165) is 22.2 Å². The normalized spacial score (nSPS) is 19.2. The van der Waals surface area contributed by atoms with Crippen molar-refractivity contribution in [2.75, 3.05) is 33.4 Å². The van der Waals surface area contributed by atoms with Crippen LogP contribution in [-0.4, -0.2) is 63.2 Å². The number of hydrogen-bond donors (Lipinski definition) is 0. The maximum absolute atomic E-state index is 13.9. The van der Waals surface area contributed by atoms with Gasteiger partial charge in [0.15, 0.2) is 13.2 Å². The molecule has 40 heavy (non-hydrogen) atoms. The molecular weight excluding hydrogens is 532 g/mol. The molecule has 10 nitrogen and oxygen atoms in total. The van der Waals surface area contributed by atoms with Crippen molar-refractivity contribution in [3.05, 3.63) is 106 Å². The number of fused-ring (bicyclic) bond motifs is 1. The molecule has 0 saturated carbocycles. The monoisotopic (exact) mass is 559 g/mol. The largest absolute Gasteiger partial charge is 0.379 e. The van der Waals surface area contributed by atoms with Crippen LogP contribution in [0.4, 0.5) is 21.6 Å². The Labute approximate surface area is 230 Å². The molecule has 1 fully saturated rings. The lowest BCUT2D eigenvalue weighted by Crippen LogP contribution is -2.45. The lowest BCUT2D eigenvalue weighted by Gasteiger charge is -2.46. The smallest absolute Gasteiger partial charge is 0.269 e. The average Bonchev–Trinajstić information content (AvgIpc) is 3.32. The molecule has 4 aromatic rings. The summed E-state index contributed by atoms with van der Waals surface area (Å²) in [6.45, 7) is 4.29. The van der Waals surface area contributed by atoms with E-state index in [0.29, 0.717) is 43.6 Å². The summed E-state index contributed by atoms with van der Waals surface area (Å²) >= 11 is 0. The number of aromatic nitrogens is 2. The van der Waals surface area contributed by atoms with Gasteiger partial charge in [-0.2, -0.15) is 5.10 Å². The fourth-order valence-corrected chi connectivity index (χ4v) is 8.97. The number of ether oxygens (including phenoxy) is 1. The predicted molar refractivity (Wildman–Crippen MR) is 153 cm³/mol. The summed E-state index contributed by atoms with van der Waals surface area (Å²) in [5, 5.41) is 17.2. The van der Waals surface area contributed by atoms with E-state index in [1.807, 2.05) is 49.0 Å². The van der Waals surface area contributed by atoms with Gasteiger partial charge in [0.1, 0.15) is 11.7 Å². The van der Waals surface area contributed by atoms with Crippen LogP contribution in [0.5, 0.6) is 0 Å². The topological polar surface area (TPSA) is 101 Å². The van der Waals surface area contributed by atoms with Gasteiger partial charge in [-0.3, -0.25) is 10.1 Å². The number of nitro groups is 1. The summed E-state index contributed by atoms with van der Waals surface area (Å²) in [4.78, 5) is 16.0. The number of aryl methyl sites for hydroxylation is 1. The Balaban J connectivity index is 1.68. The molecule has 3 heterocycles. The van der Waals surface area contributed by atoms with Crippen molar-refractivity contribution in [3.8, 4) is 5.69 Å². The van der Waals surface area contributed by atoms with Gasteiger partial charge in [0.2, 0.25) is 0 Å². The first kappa shape index (κ1) is 26.1. The maximum Gasteiger partial charge on any atom is 0.269 e. The first-order chi connectivity index (χ1) is 19.4. The summed E-state index contributed by atoms with van der Waals surface area (Å²) in [6.07, 6.45) is 0. The van der Waals surface area contributed by atoms with Gasteiger partial charge in [-0.15, -0.1) is 0 Å². The van der Waals surface area contributed by atoms with Gasteiger partial charge in [0, 0.05) is 37.8 Å². The van der Waals surface area contributed by atoms with Crippen LogP contribution in [-0.2, 0) is 4.74 Å². The van der Waals surface area contributed by atoms with Crippen LogP contribution in [0, 0.1) is 22.9 Å². The quantitative estimate of drug-likeness (QED) is 0.180. The molecule has 204 valence electrons. The number of amidine groups is 1. The summed E-state index contributed by atoms with van der Waals surface area (Å²) in [6, 6.07) is 22.3. The van der Waals surface area contributed by atoms with Crippen LogP contribution in [0.3, 0.4) is 0 Å². The van der Waals surface area contributed by atoms with E-state index < -0.39 is 12.3 Å². The molecular formula is C28H27FN7O3P. The first-order valence-corrected chi connectivity index (χ1v) is 14.5. The number of para-hydroxylation sites is 1. The van der Waals surface area contributed by atoms with Gasteiger partial charge in [0.05, 0.1) is 40.5 Å². The van der Waals surface area contributed by atoms with Crippen LogP contribution < -0.4 is 5.30 Å². The molecule has 0 amide bonds. The second-order valence-corrected chi connectivity index (χ2v) is 12.4. The average molecular weight is 560 g/mol. The zero-order valence-electron chi connectivity index (χ0n) is 22.0. The van der Waals surface area contributed by atoms with Crippen molar-refractivity contribution in [3.63, 3.8) is 0 Å². The highest BCUT2D eigenvalue weighted by molar-refractivity contribution is 7.70. The number of non-ortho nitro benzene ring substituents is 1. The SMILES string of the molecule is Cc1nn(-c2ccccc2)c2c1[P@](=Nc1ccc([N+](=O)[O-])cc1)(N1CCOCC1)N(C)C(c1ccc(F)cc1)=N2. The highest BCUT2D eigenvalue weighted by Crippen LogP contribution is 2.61. The molecule has 0 unspecified atom stereocenters. The van der Waals surface area contributed by atoms with Crippen LogP contribution in [0.2, 0.25) is 0 Å². The fourth-order valence-electron chi connectivity index (χ4n) is 5.16. The third-order valence-corrected chi connectivity index (χ3v) is 10.9. The standard InChI is InChI=1S/C28H27FN7O3P/c1-20-26-28(35(31-20)24-6-4-3-5-7-24)30-27(21-8-10-22(29)11-9-21)33(2)40(26,34-16-18-39-19-17-34)32-23-12-14-25(15-13-23)36(37)38/h3-15H,16-19H2,1-2H3/t40-/m1/s1. The molecule has 12 heteroatoms. The summed E-state index contributed by atoms with van der Waals surface area (Å²) < 4.78 is 31.4. The van der Waals surface area contributed by atoms with Gasteiger partial charge in [-0.1, -0.05) is 18.2 Å². The molecule has 0 aliphatic carbocycles. The van der Waals surface area contributed by atoms with Crippen LogP contribution >= 0.6 is 7.36 Å². The number of rotatable bonds is 5. The minimum Gasteiger partial charge on any atom is -0.379 e. The summed E-state index contributed by atoms with van der Waals surface area (Å²) in [7, 11) is -0.883. The maximum atomic E-state index is 13.9. The zero-order chi connectivity index (χ0) is 27.9. The van der Waals surface area contributed by atoms with Gasteiger partial charge in [-0.05, 0) is 55.5 Å². The van der Waals surface area contributed by atoms with Crippen LogP contribution in [0.1, 0.15) is 11.3 Å². The lowest BCUT2D eigenvalue weighted by molar-refractivity contribution is -0.384. The van der Waals surface area contributed by atoms with Crippen molar-refractivity contribution in [1.29, 1.82) is 0 Å². The second kappa shape index (κ2) is 10.4. The third-order valence-electron chi connectivity index (χ3n) is 7.04. The molecule has 0 bridgehead atoms. The number of aliphatic imine (C=N–C) groups is 1. The molecule has 2 aliphatic heterocycles. The minimum absolute atomic E-state index is 0.00275. The number of nitrogens with zero attached hydrogens (tertiary/aromatic N) is 7. The number of benzene rings is 3. The zero-order valence-corrected chi connectivity index (χ0v) is 22.9. The van der Waals surface area contributed by atoms with Crippen LogP contribution in [0.25, 0.3) is 5.69 Å². The van der Waals surface area contributed by atoms with Gasteiger partial charge in [-0.25, -0.2) is 23.5 Å². The second-order valence-electron chi connectivity index (χ2n) is 9.48. The number of halogens is 1. The Morgan fingerprint density at radius 1 is 1.00 bits per heavy atom. The van der Waals surface area contributed by atoms with Gasteiger partial charge in [0.25, 0.3) is 5.69 Å². The number of nitro benzene ring substituents is 1. The molecule has 1 aromatic heterocycles. The highest BCUT2D eigenvalue weighted by atomic mass is 31.2. The van der Waals surface area contributed by atoms with Gasteiger partial charge < -0.3 is 9.41 Å². The Bertz CT molecular complexity index is 1650. The molecule has 0 spiro atoms. The Morgan fingerprint density at radius 3 is 2.33 bits per heavy atom.